The summed E-state index contributed by atoms with van der Waals surface area (Å²) >= 11 is 1.91. The highest BCUT2D eigenvalue weighted by Crippen LogP contribution is 2.25. The molecule has 3 atom stereocenters. The standard InChI is InChI=1S/C13H24N2O3S/c1-17-12(7-14)13(16)15(10-4-6-19-9-10)8-11-3-2-5-18-11/h10-12H,2-9,14H2,1H3. The molecular formula is C13H24N2O3S. The van der Waals surface area contributed by atoms with Crippen LogP contribution >= 0.6 is 11.8 Å². The Morgan fingerprint density at radius 2 is 2.42 bits per heavy atom. The lowest BCUT2D eigenvalue weighted by atomic mass is 10.1. The largest absolute Gasteiger partial charge is 0.376 e. The van der Waals surface area contributed by atoms with Crippen LogP contribution in [0.1, 0.15) is 19.3 Å². The first-order valence-corrected chi connectivity index (χ1v) is 8.14. The van der Waals surface area contributed by atoms with E-state index in [4.69, 9.17) is 15.2 Å². The summed E-state index contributed by atoms with van der Waals surface area (Å²) < 4.78 is 10.9. The van der Waals surface area contributed by atoms with E-state index in [9.17, 15) is 4.79 Å². The predicted molar refractivity (Wildman–Crippen MR) is 76.3 cm³/mol. The fourth-order valence-electron chi connectivity index (χ4n) is 2.68. The highest BCUT2D eigenvalue weighted by molar-refractivity contribution is 7.99. The molecule has 0 aromatic rings. The first-order chi connectivity index (χ1) is 9.26. The number of carbonyl (C=O) groups is 1. The van der Waals surface area contributed by atoms with Crippen LogP contribution in [0.2, 0.25) is 0 Å². The third-order valence-corrected chi connectivity index (χ3v) is 4.97. The molecule has 0 aliphatic carbocycles. The first-order valence-electron chi connectivity index (χ1n) is 6.99. The van der Waals surface area contributed by atoms with Crippen molar-refractivity contribution in [3.63, 3.8) is 0 Å². The van der Waals surface area contributed by atoms with Crippen LogP contribution < -0.4 is 5.73 Å². The van der Waals surface area contributed by atoms with Gasteiger partial charge in [0.05, 0.1) is 6.10 Å². The lowest BCUT2D eigenvalue weighted by Crippen LogP contribution is -2.51. The third kappa shape index (κ3) is 3.84. The number of thioether (sulfide) groups is 1. The van der Waals surface area contributed by atoms with Crippen LogP contribution in [-0.4, -0.2) is 67.4 Å². The van der Waals surface area contributed by atoms with Gasteiger partial charge in [-0.2, -0.15) is 11.8 Å². The van der Waals surface area contributed by atoms with E-state index in [1.54, 1.807) is 7.11 Å². The van der Waals surface area contributed by atoms with Gasteiger partial charge in [0.15, 0.2) is 0 Å². The van der Waals surface area contributed by atoms with Crippen LogP contribution in [0.3, 0.4) is 0 Å². The Balaban J connectivity index is 2.01. The second kappa shape index (κ2) is 7.47. The highest BCUT2D eigenvalue weighted by Gasteiger charge is 2.33. The minimum atomic E-state index is -0.521. The second-order valence-corrected chi connectivity index (χ2v) is 6.25. The van der Waals surface area contributed by atoms with Gasteiger partial charge in [0, 0.05) is 38.6 Å². The van der Waals surface area contributed by atoms with E-state index in [1.165, 1.54) is 0 Å². The summed E-state index contributed by atoms with van der Waals surface area (Å²) in [6, 6.07) is 0.311. The fourth-order valence-corrected chi connectivity index (χ4v) is 3.90. The minimum absolute atomic E-state index is 0.0213. The van der Waals surface area contributed by atoms with E-state index in [-0.39, 0.29) is 18.6 Å². The van der Waals surface area contributed by atoms with E-state index in [0.717, 1.165) is 37.4 Å². The SMILES string of the molecule is COC(CN)C(=O)N(CC1CCCO1)C1CCSC1. The van der Waals surface area contributed by atoms with Crippen molar-refractivity contribution in [2.45, 2.75) is 37.5 Å². The normalized spacial score (nSPS) is 28.5. The topological polar surface area (TPSA) is 64.8 Å². The van der Waals surface area contributed by atoms with Crippen LogP contribution in [-0.2, 0) is 14.3 Å². The zero-order valence-electron chi connectivity index (χ0n) is 11.5. The van der Waals surface area contributed by atoms with Crippen molar-refractivity contribution in [2.75, 3.05) is 38.3 Å². The lowest BCUT2D eigenvalue weighted by Gasteiger charge is -2.33. The summed E-state index contributed by atoms with van der Waals surface area (Å²) in [5, 5.41) is 0. The minimum Gasteiger partial charge on any atom is -0.376 e. The Labute approximate surface area is 119 Å². The number of hydrogen-bond acceptors (Lipinski definition) is 5. The van der Waals surface area contributed by atoms with Crippen molar-refractivity contribution in [3.8, 4) is 0 Å². The Bertz CT molecular complexity index is 288. The molecule has 2 heterocycles. The highest BCUT2D eigenvalue weighted by atomic mass is 32.2. The quantitative estimate of drug-likeness (QED) is 0.770. The van der Waals surface area contributed by atoms with Gasteiger partial charge in [-0.15, -0.1) is 0 Å². The van der Waals surface area contributed by atoms with Crippen molar-refractivity contribution in [3.05, 3.63) is 0 Å². The van der Waals surface area contributed by atoms with Gasteiger partial charge in [-0.05, 0) is 25.0 Å². The van der Waals surface area contributed by atoms with Crippen LogP contribution in [0.15, 0.2) is 0 Å². The van der Waals surface area contributed by atoms with Gasteiger partial charge < -0.3 is 20.1 Å². The van der Waals surface area contributed by atoms with E-state index < -0.39 is 6.10 Å². The molecule has 2 saturated heterocycles. The molecule has 2 rings (SSSR count). The molecule has 6 heteroatoms. The molecule has 2 fully saturated rings. The lowest BCUT2D eigenvalue weighted by molar-refractivity contribution is -0.145. The van der Waals surface area contributed by atoms with Crippen LogP contribution in [0.25, 0.3) is 0 Å². The van der Waals surface area contributed by atoms with E-state index in [0.29, 0.717) is 12.6 Å². The summed E-state index contributed by atoms with van der Waals surface area (Å²) in [5.41, 5.74) is 5.62. The van der Waals surface area contributed by atoms with Gasteiger partial charge in [-0.3, -0.25) is 4.79 Å². The molecule has 0 aromatic heterocycles. The number of ether oxygens (including phenoxy) is 2. The molecule has 0 aromatic carbocycles. The van der Waals surface area contributed by atoms with Gasteiger partial charge in [0.1, 0.15) is 6.10 Å². The molecule has 0 bridgehead atoms. The maximum atomic E-state index is 12.5. The number of hydrogen-bond donors (Lipinski definition) is 1. The predicted octanol–water partition coefficient (Wildman–Crippen LogP) is 0.473. The molecule has 0 radical (unpaired) electrons. The first kappa shape index (κ1) is 15.1. The zero-order valence-corrected chi connectivity index (χ0v) is 12.4. The Kier molecular flexibility index (Phi) is 5.94. The molecule has 0 spiro atoms. The fraction of sp³-hybridized carbons (Fsp3) is 0.923. The second-order valence-electron chi connectivity index (χ2n) is 5.10. The van der Waals surface area contributed by atoms with Crippen molar-refractivity contribution >= 4 is 17.7 Å². The zero-order chi connectivity index (χ0) is 13.7. The van der Waals surface area contributed by atoms with Crippen molar-refractivity contribution < 1.29 is 14.3 Å². The number of nitrogens with two attached hydrogens (primary N) is 1. The Hall–Kier alpha value is -0.300. The molecular weight excluding hydrogens is 264 g/mol. The summed E-state index contributed by atoms with van der Waals surface area (Å²) in [5.74, 6) is 2.16. The van der Waals surface area contributed by atoms with Gasteiger partial charge in [0.2, 0.25) is 0 Å². The molecule has 2 N–H and O–H groups in total. The maximum Gasteiger partial charge on any atom is 0.253 e. The number of rotatable bonds is 6. The molecule has 2 aliphatic heterocycles. The van der Waals surface area contributed by atoms with E-state index >= 15 is 0 Å². The van der Waals surface area contributed by atoms with Crippen molar-refractivity contribution in [1.29, 1.82) is 0 Å². The summed E-state index contributed by atoms with van der Waals surface area (Å²) in [6.07, 6.45) is 2.86. The summed E-state index contributed by atoms with van der Waals surface area (Å²) in [4.78, 5) is 14.5. The molecule has 2 aliphatic rings. The molecule has 110 valence electrons. The monoisotopic (exact) mass is 288 g/mol. The van der Waals surface area contributed by atoms with Crippen LogP contribution in [0, 0.1) is 0 Å². The van der Waals surface area contributed by atoms with Gasteiger partial charge in [0.25, 0.3) is 5.91 Å². The van der Waals surface area contributed by atoms with Gasteiger partial charge >= 0.3 is 0 Å². The number of nitrogens with zero attached hydrogens (tertiary/aromatic N) is 1. The van der Waals surface area contributed by atoms with Crippen molar-refractivity contribution in [2.24, 2.45) is 5.73 Å². The average Bonchev–Trinajstić information content (AvgIpc) is 3.10. The number of amides is 1. The summed E-state index contributed by atoms with van der Waals surface area (Å²) in [7, 11) is 1.54. The number of methoxy groups -OCH3 is 1. The third-order valence-electron chi connectivity index (χ3n) is 3.83. The maximum absolute atomic E-state index is 12.5. The average molecular weight is 288 g/mol. The van der Waals surface area contributed by atoms with E-state index in [2.05, 4.69) is 0 Å². The van der Waals surface area contributed by atoms with Crippen LogP contribution in [0.5, 0.6) is 0 Å². The number of carbonyl (C=O) groups excluding carboxylic acids is 1. The summed E-state index contributed by atoms with van der Waals surface area (Å²) in [6.45, 7) is 1.73. The molecule has 0 saturated carbocycles. The smallest absolute Gasteiger partial charge is 0.253 e. The van der Waals surface area contributed by atoms with Crippen LogP contribution in [0.4, 0.5) is 0 Å². The van der Waals surface area contributed by atoms with Gasteiger partial charge in [-0.25, -0.2) is 0 Å². The van der Waals surface area contributed by atoms with E-state index in [1.807, 2.05) is 16.7 Å². The Morgan fingerprint density at radius 3 is 2.95 bits per heavy atom. The Morgan fingerprint density at radius 1 is 1.58 bits per heavy atom. The van der Waals surface area contributed by atoms with Crippen molar-refractivity contribution in [1.82, 2.24) is 4.90 Å². The molecule has 1 amide bonds. The molecule has 19 heavy (non-hydrogen) atoms. The molecule has 5 nitrogen and oxygen atoms in total. The molecule has 3 unspecified atom stereocenters. The van der Waals surface area contributed by atoms with Gasteiger partial charge in [-0.1, -0.05) is 0 Å².